The molecule has 7 heteroatoms. The molecule has 0 atom stereocenters. The number of thiocarbonyl (C=S) groups is 1. The second kappa shape index (κ2) is 9.61. The van der Waals surface area contributed by atoms with Gasteiger partial charge in [0.25, 0.3) is 11.8 Å². The van der Waals surface area contributed by atoms with Gasteiger partial charge in [-0.15, -0.1) is 0 Å². The lowest BCUT2D eigenvalue weighted by atomic mass is 10.0. The van der Waals surface area contributed by atoms with Gasteiger partial charge in [0.2, 0.25) is 0 Å². The van der Waals surface area contributed by atoms with Gasteiger partial charge in [-0.05, 0) is 52.8 Å². The molecular formula is C31H23N3O3S. The predicted octanol–water partition coefficient (Wildman–Crippen LogP) is 5.68. The number of hydrogen-bond donors (Lipinski definition) is 1. The number of rotatable bonds is 5. The first-order valence-corrected chi connectivity index (χ1v) is 12.5. The van der Waals surface area contributed by atoms with E-state index in [0.29, 0.717) is 18.0 Å². The summed E-state index contributed by atoms with van der Waals surface area (Å²) in [4.78, 5) is 27.9. The number of ether oxygens (including phenoxy) is 1. The number of methoxy groups -OCH3 is 1. The Balaban J connectivity index is 1.44. The van der Waals surface area contributed by atoms with Crippen molar-refractivity contribution in [1.29, 1.82) is 0 Å². The fourth-order valence-electron chi connectivity index (χ4n) is 4.98. The van der Waals surface area contributed by atoms with Crippen molar-refractivity contribution in [2.45, 2.75) is 6.54 Å². The first-order valence-electron chi connectivity index (χ1n) is 12.1. The third kappa shape index (κ3) is 4.03. The molecule has 2 amide bonds. The van der Waals surface area contributed by atoms with Crippen molar-refractivity contribution in [3.8, 4) is 5.75 Å². The molecule has 1 aromatic heterocycles. The van der Waals surface area contributed by atoms with Crippen LogP contribution in [0.2, 0.25) is 0 Å². The molecule has 1 saturated heterocycles. The van der Waals surface area contributed by atoms with Crippen LogP contribution in [0.25, 0.3) is 27.8 Å². The number of carbonyl (C=O) groups excluding carboxylic acids is 2. The smallest absolute Gasteiger partial charge is 0.270 e. The predicted molar refractivity (Wildman–Crippen MR) is 154 cm³/mol. The number of para-hydroxylation sites is 3. The third-order valence-corrected chi connectivity index (χ3v) is 7.05. The molecule has 0 aliphatic carbocycles. The number of anilines is 1. The Kier molecular flexibility index (Phi) is 5.98. The van der Waals surface area contributed by atoms with Crippen LogP contribution in [0, 0.1) is 0 Å². The maximum atomic E-state index is 13.6. The maximum Gasteiger partial charge on any atom is 0.270 e. The minimum absolute atomic E-state index is 0.00225. The standard InChI is InChI=1S/C31H23N3O3S/c1-37-28-16-7-6-15-27(28)34-30(36)25(29(35)32-31(34)38)17-22-19-33(26-14-5-4-13-24(22)26)18-21-11-8-10-20-9-2-3-12-23(20)21/h2-17,19H,18H2,1H3,(H,32,35,38). The highest BCUT2D eigenvalue weighted by atomic mass is 32.1. The van der Waals surface area contributed by atoms with Crippen LogP contribution < -0.4 is 15.0 Å². The highest BCUT2D eigenvalue weighted by Gasteiger charge is 2.36. The van der Waals surface area contributed by atoms with Gasteiger partial charge in [-0.2, -0.15) is 0 Å². The quantitative estimate of drug-likeness (QED) is 0.185. The SMILES string of the molecule is COc1ccccc1N1C(=O)C(=Cc2cn(Cc3cccc4ccccc34)c3ccccc23)C(=O)NC1=S. The van der Waals surface area contributed by atoms with E-state index in [-0.39, 0.29) is 10.7 Å². The number of aromatic nitrogens is 1. The van der Waals surface area contributed by atoms with Gasteiger partial charge in [0.15, 0.2) is 5.11 Å². The largest absolute Gasteiger partial charge is 0.495 e. The molecule has 1 aliphatic rings. The Hall–Kier alpha value is -4.75. The Morgan fingerprint density at radius 2 is 1.58 bits per heavy atom. The van der Waals surface area contributed by atoms with Crippen LogP contribution in [-0.2, 0) is 16.1 Å². The van der Waals surface area contributed by atoms with Gasteiger partial charge >= 0.3 is 0 Å². The Bertz CT molecular complexity index is 1780. The number of hydrogen-bond acceptors (Lipinski definition) is 4. The lowest BCUT2D eigenvalue weighted by Gasteiger charge is -2.29. The van der Waals surface area contributed by atoms with Crippen LogP contribution in [0.1, 0.15) is 11.1 Å². The van der Waals surface area contributed by atoms with E-state index in [9.17, 15) is 9.59 Å². The lowest BCUT2D eigenvalue weighted by Crippen LogP contribution is -2.54. The summed E-state index contributed by atoms with van der Waals surface area (Å²) < 4.78 is 7.58. The van der Waals surface area contributed by atoms with Gasteiger partial charge in [-0.1, -0.05) is 72.8 Å². The van der Waals surface area contributed by atoms with E-state index in [1.54, 1.807) is 30.3 Å². The summed E-state index contributed by atoms with van der Waals surface area (Å²) in [6, 6.07) is 29.6. The first-order chi connectivity index (χ1) is 18.5. The molecule has 1 aliphatic heterocycles. The van der Waals surface area contributed by atoms with E-state index in [2.05, 4.69) is 40.2 Å². The van der Waals surface area contributed by atoms with Crippen LogP contribution in [-0.4, -0.2) is 28.6 Å². The highest BCUT2D eigenvalue weighted by molar-refractivity contribution is 7.80. The molecule has 0 spiro atoms. The fraction of sp³-hybridized carbons (Fsp3) is 0.0645. The molecule has 5 aromatic rings. The van der Waals surface area contributed by atoms with E-state index in [1.807, 2.05) is 42.6 Å². The topological polar surface area (TPSA) is 63.6 Å². The van der Waals surface area contributed by atoms with Gasteiger partial charge < -0.3 is 9.30 Å². The summed E-state index contributed by atoms with van der Waals surface area (Å²) in [7, 11) is 1.52. The zero-order valence-corrected chi connectivity index (χ0v) is 21.4. The number of nitrogens with one attached hydrogen (secondary N) is 1. The van der Waals surface area contributed by atoms with Crippen molar-refractivity contribution >= 4 is 62.6 Å². The summed E-state index contributed by atoms with van der Waals surface area (Å²) in [6.07, 6.45) is 3.63. The van der Waals surface area contributed by atoms with Crippen molar-refractivity contribution in [2.24, 2.45) is 0 Å². The average Bonchev–Trinajstić information content (AvgIpc) is 3.28. The average molecular weight is 518 g/mol. The highest BCUT2D eigenvalue weighted by Crippen LogP contribution is 2.32. The number of nitrogens with zero attached hydrogens (tertiary/aromatic N) is 2. The van der Waals surface area contributed by atoms with E-state index in [4.69, 9.17) is 17.0 Å². The minimum Gasteiger partial charge on any atom is -0.495 e. The van der Waals surface area contributed by atoms with Gasteiger partial charge in [-0.25, -0.2) is 4.90 Å². The molecule has 186 valence electrons. The van der Waals surface area contributed by atoms with Gasteiger partial charge in [0, 0.05) is 29.2 Å². The summed E-state index contributed by atoms with van der Waals surface area (Å²) in [5.74, 6) is -0.559. The second-order valence-corrected chi connectivity index (χ2v) is 9.38. The van der Waals surface area contributed by atoms with Gasteiger partial charge in [-0.3, -0.25) is 14.9 Å². The summed E-state index contributed by atoms with van der Waals surface area (Å²) in [5, 5.41) is 5.99. The first kappa shape index (κ1) is 23.6. The maximum absolute atomic E-state index is 13.6. The van der Waals surface area contributed by atoms with Crippen LogP contribution >= 0.6 is 12.2 Å². The summed E-state index contributed by atoms with van der Waals surface area (Å²) in [6.45, 7) is 0.641. The molecule has 0 bridgehead atoms. The molecule has 1 fully saturated rings. The normalized spacial score (nSPS) is 14.9. The zero-order valence-electron chi connectivity index (χ0n) is 20.5. The van der Waals surface area contributed by atoms with Gasteiger partial charge in [0.05, 0.1) is 12.8 Å². The zero-order chi connectivity index (χ0) is 26.2. The summed E-state index contributed by atoms with van der Waals surface area (Å²) >= 11 is 5.37. The molecule has 0 saturated carbocycles. The molecule has 2 heterocycles. The second-order valence-electron chi connectivity index (χ2n) is 9.00. The van der Waals surface area contributed by atoms with E-state index >= 15 is 0 Å². The van der Waals surface area contributed by atoms with Crippen LogP contribution in [0.15, 0.2) is 103 Å². The van der Waals surface area contributed by atoms with Crippen molar-refractivity contribution in [2.75, 3.05) is 12.0 Å². The third-order valence-electron chi connectivity index (χ3n) is 6.77. The number of fused-ring (bicyclic) bond motifs is 2. The van der Waals surface area contributed by atoms with E-state index < -0.39 is 11.8 Å². The van der Waals surface area contributed by atoms with Crippen molar-refractivity contribution in [1.82, 2.24) is 9.88 Å². The van der Waals surface area contributed by atoms with Crippen molar-refractivity contribution in [3.63, 3.8) is 0 Å². The number of amides is 2. The molecule has 0 unspecified atom stereocenters. The molecule has 1 N–H and O–H groups in total. The molecule has 6 nitrogen and oxygen atoms in total. The molecule has 0 radical (unpaired) electrons. The number of benzene rings is 4. The molecule has 4 aromatic carbocycles. The monoisotopic (exact) mass is 517 g/mol. The summed E-state index contributed by atoms with van der Waals surface area (Å²) in [5.41, 5.74) is 3.43. The Morgan fingerprint density at radius 3 is 2.42 bits per heavy atom. The molecule has 38 heavy (non-hydrogen) atoms. The van der Waals surface area contributed by atoms with Crippen molar-refractivity contribution < 1.29 is 14.3 Å². The van der Waals surface area contributed by atoms with E-state index in [0.717, 1.165) is 16.5 Å². The number of carbonyl (C=O) groups is 2. The van der Waals surface area contributed by atoms with Crippen LogP contribution in [0.4, 0.5) is 5.69 Å². The fourth-order valence-corrected chi connectivity index (χ4v) is 5.26. The molecule has 6 rings (SSSR count). The Morgan fingerprint density at radius 1 is 0.868 bits per heavy atom. The van der Waals surface area contributed by atoms with E-state index in [1.165, 1.54) is 28.3 Å². The van der Waals surface area contributed by atoms with Crippen molar-refractivity contribution in [3.05, 3.63) is 114 Å². The van der Waals surface area contributed by atoms with Crippen LogP contribution in [0.5, 0.6) is 5.75 Å². The van der Waals surface area contributed by atoms with Crippen LogP contribution in [0.3, 0.4) is 0 Å². The minimum atomic E-state index is -0.531. The lowest BCUT2D eigenvalue weighted by molar-refractivity contribution is -0.122. The Labute approximate surface area is 224 Å². The van der Waals surface area contributed by atoms with Gasteiger partial charge in [0.1, 0.15) is 11.3 Å². The molecular weight excluding hydrogens is 494 g/mol.